The molecule has 6 aromatic rings. The highest BCUT2D eigenvalue weighted by Crippen LogP contribution is 2.38. The lowest BCUT2D eigenvalue weighted by atomic mass is 10.0. The van der Waals surface area contributed by atoms with Gasteiger partial charge in [0.2, 0.25) is 0 Å². The minimum absolute atomic E-state index is 0.158. The van der Waals surface area contributed by atoms with Gasteiger partial charge in [-0.15, -0.1) is 5.10 Å². The molecule has 0 amide bonds. The first-order chi connectivity index (χ1) is 16.6. The van der Waals surface area contributed by atoms with E-state index >= 15 is 0 Å². The zero-order valence-electron chi connectivity index (χ0n) is 17.5. The van der Waals surface area contributed by atoms with E-state index in [0.717, 1.165) is 16.3 Å². The average Bonchev–Trinajstić information content (AvgIpc) is 3.26. The Bertz CT molecular complexity index is 1760. The van der Waals surface area contributed by atoms with Crippen LogP contribution in [0.4, 0.5) is 5.69 Å². The quantitative estimate of drug-likeness (QED) is 0.216. The third kappa shape index (κ3) is 3.14. The number of fused-ring (bicyclic) bond motifs is 4. The zero-order chi connectivity index (χ0) is 23.2. The molecule has 0 atom stereocenters. The second-order valence-electron chi connectivity index (χ2n) is 7.77. The van der Waals surface area contributed by atoms with Crippen LogP contribution in [-0.4, -0.2) is 25.1 Å². The number of nitrogens with zero attached hydrogens (tertiary/aromatic N) is 5. The van der Waals surface area contributed by atoms with Crippen LogP contribution < -0.4 is 0 Å². The third-order valence-corrected chi connectivity index (χ3v) is 6.16. The number of rotatable bonds is 3. The number of benzene rings is 4. The van der Waals surface area contributed by atoms with Gasteiger partial charge in [0.15, 0.2) is 5.52 Å². The Labute approximate surface area is 197 Å². The van der Waals surface area contributed by atoms with E-state index in [-0.39, 0.29) is 11.2 Å². The molecule has 2 aromatic heterocycles. The predicted molar refractivity (Wildman–Crippen MR) is 133 cm³/mol. The highest BCUT2D eigenvalue weighted by Gasteiger charge is 2.22. The Morgan fingerprint density at radius 1 is 0.794 bits per heavy atom. The van der Waals surface area contributed by atoms with E-state index < -0.39 is 4.92 Å². The van der Waals surface area contributed by atoms with Gasteiger partial charge in [0.25, 0.3) is 5.69 Å². The van der Waals surface area contributed by atoms with Crippen molar-refractivity contribution in [3.05, 3.63) is 100 Å². The van der Waals surface area contributed by atoms with Crippen LogP contribution in [0.3, 0.4) is 0 Å². The smallest absolute Gasteiger partial charge is 0.258 e. The molecular weight excluding hydrogens is 450 g/mol. The van der Waals surface area contributed by atoms with Crippen molar-refractivity contribution < 1.29 is 4.92 Å². The monoisotopic (exact) mass is 463 g/mol. The van der Waals surface area contributed by atoms with Gasteiger partial charge in [0.05, 0.1) is 39.6 Å². The number of nitro benzene ring substituents is 1. The van der Waals surface area contributed by atoms with Crippen LogP contribution >= 0.6 is 11.6 Å². The molecule has 0 saturated carbocycles. The van der Waals surface area contributed by atoms with Crippen molar-refractivity contribution in [2.45, 2.75) is 0 Å². The van der Waals surface area contributed by atoms with Crippen LogP contribution in [0.2, 0.25) is 5.02 Å². The van der Waals surface area contributed by atoms with Crippen molar-refractivity contribution in [2.75, 3.05) is 0 Å². The summed E-state index contributed by atoms with van der Waals surface area (Å²) in [4.78, 5) is 21.1. The molecule has 0 fully saturated rings. The lowest BCUT2D eigenvalue weighted by Crippen LogP contribution is -1.92. The van der Waals surface area contributed by atoms with E-state index in [1.807, 2.05) is 60.7 Å². The van der Waals surface area contributed by atoms with Crippen LogP contribution in [0.5, 0.6) is 0 Å². The van der Waals surface area contributed by atoms with Crippen molar-refractivity contribution in [1.82, 2.24) is 20.2 Å². The summed E-state index contributed by atoms with van der Waals surface area (Å²) in [5, 5.41) is 23.3. The first-order valence-electron chi connectivity index (χ1n) is 10.4. The number of halogens is 1. The number of hydrogen-bond acceptors (Lipinski definition) is 6. The maximum Gasteiger partial charge on any atom is 0.298 e. The molecular formula is C26H14ClN5O2. The van der Waals surface area contributed by atoms with Gasteiger partial charge in [-0.3, -0.25) is 15.1 Å². The van der Waals surface area contributed by atoms with Gasteiger partial charge in [-0.1, -0.05) is 72.3 Å². The SMILES string of the molecule is O=[N+]([O-])c1cc2c(-c3ccccc3Cl)nc(-c3cccc4ccccc34)cnc2c2cnnc12. The molecule has 0 aliphatic heterocycles. The number of non-ortho nitro benzene ring substituents is 1. The van der Waals surface area contributed by atoms with E-state index in [9.17, 15) is 10.1 Å². The Morgan fingerprint density at radius 2 is 1.56 bits per heavy atom. The normalized spacial score (nSPS) is 11.3. The number of hydrogen-bond donors (Lipinski definition) is 0. The lowest BCUT2D eigenvalue weighted by Gasteiger charge is -2.07. The molecule has 0 radical (unpaired) electrons. The van der Waals surface area contributed by atoms with E-state index in [1.54, 1.807) is 12.3 Å². The first kappa shape index (κ1) is 20.1. The van der Waals surface area contributed by atoms with Gasteiger partial charge in [0, 0.05) is 27.6 Å². The predicted octanol–water partition coefficient (Wildman–Crippen LogP) is 6.62. The number of nitro groups is 1. The molecule has 8 heteroatoms. The summed E-state index contributed by atoms with van der Waals surface area (Å²) in [6, 6.07) is 22.8. The highest BCUT2D eigenvalue weighted by atomic mass is 35.5. The number of aromatic nitrogens is 4. The Hall–Kier alpha value is -4.49. The maximum absolute atomic E-state index is 11.9. The van der Waals surface area contributed by atoms with Gasteiger partial charge in [-0.05, 0) is 16.8 Å². The van der Waals surface area contributed by atoms with Crippen LogP contribution in [0, 0.1) is 10.1 Å². The van der Waals surface area contributed by atoms with Crippen molar-refractivity contribution in [1.29, 1.82) is 0 Å². The fraction of sp³-hybridized carbons (Fsp3) is 0. The minimum atomic E-state index is -0.467. The summed E-state index contributed by atoms with van der Waals surface area (Å²) in [5.74, 6) is 0. The Kier molecular flexibility index (Phi) is 4.64. The summed E-state index contributed by atoms with van der Waals surface area (Å²) in [6.45, 7) is 0. The minimum Gasteiger partial charge on any atom is -0.258 e. The van der Waals surface area contributed by atoms with Gasteiger partial charge in [0.1, 0.15) is 0 Å². The summed E-state index contributed by atoms with van der Waals surface area (Å²) in [7, 11) is 0. The van der Waals surface area contributed by atoms with E-state index in [2.05, 4.69) is 10.2 Å². The van der Waals surface area contributed by atoms with E-state index in [4.69, 9.17) is 21.6 Å². The second kappa shape index (κ2) is 7.83. The third-order valence-electron chi connectivity index (χ3n) is 5.83. The topological polar surface area (TPSA) is 94.7 Å². The standard InChI is InChI=1S/C26H14ClN5O2/c27-21-11-4-3-9-18(21)25-19-12-23(32(33)34)26-20(13-29-31-26)24(19)28-14-22(30-25)17-10-5-7-15-6-1-2-8-16(15)17/h1-14H. The molecule has 162 valence electrons. The van der Waals surface area contributed by atoms with Crippen molar-refractivity contribution >= 4 is 49.9 Å². The molecule has 7 nitrogen and oxygen atoms in total. The lowest BCUT2D eigenvalue weighted by molar-refractivity contribution is -0.383. The largest absolute Gasteiger partial charge is 0.298 e. The van der Waals surface area contributed by atoms with E-state index in [1.165, 1.54) is 12.3 Å². The molecule has 34 heavy (non-hydrogen) atoms. The Balaban J connectivity index is 1.80. The van der Waals surface area contributed by atoms with Crippen molar-refractivity contribution in [3.8, 4) is 22.5 Å². The van der Waals surface area contributed by atoms with Gasteiger partial charge >= 0.3 is 0 Å². The van der Waals surface area contributed by atoms with Crippen LogP contribution in [-0.2, 0) is 0 Å². The van der Waals surface area contributed by atoms with Crippen molar-refractivity contribution in [3.63, 3.8) is 0 Å². The fourth-order valence-electron chi connectivity index (χ4n) is 4.27. The average molecular weight is 464 g/mol. The summed E-state index contributed by atoms with van der Waals surface area (Å²) >= 11 is 6.58. The van der Waals surface area contributed by atoms with Crippen LogP contribution in [0.1, 0.15) is 0 Å². The molecule has 0 N–H and O–H groups in total. The summed E-state index contributed by atoms with van der Waals surface area (Å²) in [6.07, 6.45) is 3.17. The summed E-state index contributed by atoms with van der Waals surface area (Å²) < 4.78 is 0. The van der Waals surface area contributed by atoms with E-state index in [0.29, 0.717) is 38.3 Å². The van der Waals surface area contributed by atoms with Gasteiger partial charge in [-0.25, -0.2) is 4.98 Å². The highest BCUT2D eigenvalue weighted by molar-refractivity contribution is 6.33. The molecule has 0 spiro atoms. The summed E-state index contributed by atoms with van der Waals surface area (Å²) in [5.41, 5.74) is 3.19. The van der Waals surface area contributed by atoms with Crippen LogP contribution in [0.15, 0.2) is 85.2 Å². The molecule has 6 rings (SSSR count). The van der Waals surface area contributed by atoms with Gasteiger partial charge in [-0.2, -0.15) is 5.10 Å². The van der Waals surface area contributed by atoms with Crippen molar-refractivity contribution in [2.24, 2.45) is 0 Å². The first-order valence-corrected chi connectivity index (χ1v) is 10.8. The maximum atomic E-state index is 11.9. The molecule has 0 saturated heterocycles. The fourth-order valence-corrected chi connectivity index (χ4v) is 4.50. The molecule has 0 unspecified atom stereocenters. The molecule has 0 aliphatic carbocycles. The molecule has 0 bridgehead atoms. The Morgan fingerprint density at radius 3 is 2.41 bits per heavy atom. The van der Waals surface area contributed by atoms with Gasteiger partial charge < -0.3 is 0 Å². The second-order valence-corrected chi connectivity index (χ2v) is 8.17. The molecule has 2 heterocycles. The molecule has 4 aromatic carbocycles. The zero-order valence-corrected chi connectivity index (χ0v) is 18.3. The molecule has 0 aliphatic rings. The van der Waals surface area contributed by atoms with Crippen LogP contribution in [0.25, 0.3) is 55.1 Å².